The summed E-state index contributed by atoms with van der Waals surface area (Å²) < 4.78 is 24.4. The van der Waals surface area contributed by atoms with E-state index >= 15 is 0 Å². The molecule has 100 valence electrons. The molecule has 0 bridgehead atoms. The molecular weight excluding hydrogens is 236 g/mol. The molecule has 5 heteroatoms. The fraction of sp³-hybridized carbons (Fsp3) is 0.833. The lowest BCUT2D eigenvalue weighted by Gasteiger charge is -2.39. The quantitative estimate of drug-likeness (QED) is 0.755. The van der Waals surface area contributed by atoms with Gasteiger partial charge in [-0.05, 0) is 26.2 Å². The van der Waals surface area contributed by atoms with Gasteiger partial charge in [0.2, 0.25) is 10.0 Å². The Kier molecular flexibility index (Phi) is 5.01. The summed E-state index contributed by atoms with van der Waals surface area (Å²) in [7, 11) is -3.02. The maximum absolute atomic E-state index is 11.4. The first-order chi connectivity index (χ1) is 7.90. The zero-order valence-corrected chi connectivity index (χ0v) is 12.0. The van der Waals surface area contributed by atoms with Crippen LogP contribution in [0.25, 0.3) is 0 Å². The van der Waals surface area contributed by atoms with Crippen molar-refractivity contribution in [3.05, 3.63) is 12.3 Å². The van der Waals surface area contributed by atoms with Crippen LogP contribution >= 0.6 is 0 Å². The van der Waals surface area contributed by atoms with Crippen LogP contribution in [0.1, 0.15) is 33.1 Å². The van der Waals surface area contributed by atoms with Gasteiger partial charge in [0.25, 0.3) is 0 Å². The summed E-state index contributed by atoms with van der Waals surface area (Å²) in [6.45, 7) is 10.5. The van der Waals surface area contributed by atoms with Crippen molar-refractivity contribution in [1.82, 2.24) is 9.21 Å². The molecule has 17 heavy (non-hydrogen) atoms. The molecule has 0 aromatic carbocycles. The largest absolute Gasteiger partial charge is 0.372 e. The van der Waals surface area contributed by atoms with Crippen molar-refractivity contribution in [1.29, 1.82) is 0 Å². The summed E-state index contributed by atoms with van der Waals surface area (Å²) in [5.41, 5.74) is 1.16. The molecule has 0 radical (unpaired) electrons. The van der Waals surface area contributed by atoms with Crippen molar-refractivity contribution < 1.29 is 8.42 Å². The summed E-state index contributed by atoms with van der Waals surface area (Å²) >= 11 is 0. The second kappa shape index (κ2) is 5.87. The summed E-state index contributed by atoms with van der Waals surface area (Å²) in [5, 5.41) is 0. The van der Waals surface area contributed by atoms with E-state index in [1.54, 1.807) is 4.31 Å². The van der Waals surface area contributed by atoms with Gasteiger partial charge in [-0.25, -0.2) is 12.7 Å². The number of allylic oxidation sites excluding steroid dienone is 1. The Bertz CT molecular complexity index is 357. The van der Waals surface area contributed by atoms with Crippen LogP contribution in [0, 0.1) is 0 Å². The number of nitrogens with zero attached hydrogens (tertiary/aromatic N) is 2. The highest BCUT2D eigenvalue weighted by atomic mass is 32.2. The van der Waals surface area contributed by atoms with E-state index in [0.717, 1.165) is 31.5 Å². The van der Waals surface area contributed by atoms with Crippen LogP contribution < -0.4 is 0 Å². The van der Waals surface area contributed by atoms with Crippen LogP contribution in [-0.4, -0.2) is 49.6 Å². The van der Waals surface area contributed by atoms with Gasteiger partial charge in [0.1, 0.15) is 0 Å². The Morgan fingerprint density at radius 3 is 2.24 bits per heavy atom. The first kappa shape index (κ1) is 14.5. The van der Waals surface area contributed by atoms with Crippen molar-refractivity contribution >= 4 is 10.0 Å². The zero-order valence-electron chi connectivity index (χ0n) is 11.1. The zero-order chi connectivity index (χ0) is 13.1. The van der Waals surface area contributed by atoms with E-state index < -0.39 is 10.0 Å². The maximum atomic E-state index is 11.4. The number of piperidine rings is 1. The summed E-state index contributed by atoms with van der Waals surface area (Å²) in [6, 6.07) is 0.449. The molecule has 0 aromatic rings. The van der Waals surface area contributed by atoms with E-state index in [1.165, 1.54) is 6.26 Å². The Hall–Kier alpha value is -0.550. The maximum Gasteiger partial charge on any atom is 0.211 e. The molecule has 0 aromatic heterocycles. The highest BCUT2D eigenvalue weighted by Crippen LogP contribution is 2.22. The average Bonchev–Trinajstić information content (AvgIpc) is 2.29. The molecule has 0 unspecified atom stereocenters. The van der Waals surface area contributed by atoms with Crippen molar-refractivity contribution in [2.24, 2.45) is 0 Å². The lowest BCUT2D eigenvalue weighted by Crippen LogP contribution is -2.45. The Labute approximate surface area is 105 Å². The van der Waals surface area contributed by atoms with Crippen LogP contribution in [0.3, 0.4) is 0 Å². The van der Waals surface area contributed by atoms with Crippen LogP contribution in [-0.2, 0) is 10.0 Å². The number of hydrogen-bond donors (Lipinski definition) is 0. The highest BCUT2D eigenvalue weighted by molar-refractivity contribution is 7.88. The predicted molar refractivity (Wildman–Crippen MR) is 71.2 cm³/mol. The van der Waals surface area contributed by atoms with Gasteiger partial charge >= 0.3 is 0 Å². The normalized spacial score (nSPS) is 19.2. The molecule has 4 nitrogen and oxygen atoms in total. The molecule has 0 atom stereocenters. The second-order valence-corrected chi connectivity index (χ2v) is 6.58. The van der Waals surface area contributed by atoms with Gasteiger partial charge in [0, 0.05) is 31.4 Å². The van der Waals surface area contributed by atoms with Gasteiger partial charge in [0.15, 0.2) is 0 Å². The standard InChI is InChI=1S/C12H24N2O2S/c1-5-11(3)14(6-2)12-7-9-13(10-8-12)17(4,15)16/h12H,3,5-10H2,1-2,4H3. The molecule has 1 fully saturated rings. The van der Waals surface area contributed by atoms with Crippen LogP contribution in [0.4, 0.5) is 0 Å². The van der Waals surface area contributed by atoms with E-state index in [0.29, 0.717) is 19.1 Å². The molecule has 0 spiro atoms. The average molecular weight is 260 g/mol. The minimum absolute atomic E-state index is 0.449. The van der Waals surface area contributed by atoms with Gasteiger partial charge < -0.3 is 4.90 Å². The van der Waals surface area contributed by atoms with Crippen LogP contribution in [0.2, 0.25) is 0 Å². The van der Waals surface area contributed by atoms with Crippen molar-refractivity contribution in [2.45, 2.75) is 39.2 Å². The Morgan fingerprint density at radius 2 is 1.88 bits per heavy atom. The van der Waals surface area contributed by atoms with E-state index in [4.69, 9.17) is 0 Å². The number of hydrogen-bond acceptors (Lipinski definition) is 3. The Balaban J connectivity index is 2.59. The van der Waals surface area contributed by atoms with E-state index in [1.807, 2.05) is 0 Å². The summed E-state index contributed by atoms with van der Waals surface area (Å²) in [5.74, 6) is 0. The second-order valence-electron chi connectivity index (χ2n) is 4.60. The number of sulfonamides is 1. The molecule has 1 aliphatic heterocycles. The fourth-order valence-electron chi connectivity index (χ4n) is 2.43. The summed E-state index contributed by atoms with van der Waals surface area (Å²) in [6.07, 6.45) is 4.05. The van der Waals surface area contributed by atoms with Gasteiger partial charge in [-0.15, -0.1) is 0 Å². The molecule has 0 amide bonds. The van der Waals surface area contributed by atoms with Gasteiger partial charge in [-0.1, -0.05) is 13.5 Å². The third-order valence-electron chi connectivity index (χ3n) is 3.49. The minimum atomic E-state index is -3.02. The number of rotatable bonds is 5. The first-order valence-corrected chi connectivity index (χ1v) is 8.14. The lowest BCUT2D eigenvalue weighted by atomic mass is 10.0. The molecular formula is C12H24N2O2S. The van der Waals surface area contributed by atoms with Crippen LogP contribution in [0.5, 0.6) is 0 Å². The van der Waals surface area contributed by atoms with Crippen molar-refractivity contribution in [2.75, 3.05) is 25.9 Å². The fourth-order valence-corrected chi connectivity index (χ4v) is 3.30. The molecule has 1 aliphatic rings. The first-order valence-electron chi connectivity index (χ1n) is 6.29. The van der Waals surface area contributed by atoms with Gasteiger partial charge in [-0.3, -0.25) is 0 Å². The summed E-state index contributed by atoms with van der Waals surface area (Å²) in [4.78, 5) is 2.32. The molecule has 0 saturated carbocycles. The highest BCUT2D eigenvalue weighted by Gasteiger charge is 2.27. The topological polar surface area (TPSA) is 40.6 Å². The smallest absolute Gasteiger partial charge is 0.211 e. The van der Waals surface area contributed by atoms with E-state index in [-0.39, 0.29) is 0 Å². The monoisotopic (exact) mass is 260 g/mol. The van der Waals surface area contributed by atoms with E-state index in [9.17, 15) is 8.42 Å². The van der Waals surface area contributed by atoms with Crippen LogP contribution in [0.15, 0.2) is 12.3 Å². The molecule has 1 saturated heterocycles. The van der Waals surface area contributed by atoms with Gasteiger partial charge in [0.05, 0.1) is 6.26 Å². The van der Waals surface area contributed by atoms with E-state index in [2.05, 4.69) is 25.3 Å². The third kappa shape index (κ3) is 3.71. The van der Waals surface area contributed by atoms with Crippen molar-refractivity contribution in [3.63, 3.8) is 0 Å². The lowest BCUT2D eigenvalue weighted by molar-refractivity contribution is 0.179. The minimum Gasteiger partial charge on any atom is -0.372 e. The molecule has 0 N–H and O–H groups in total. The predicted octanol–water partition coefficient (Wildman–Crippen LogP) is 1.66. The molecule has 1 heterocycles. The third-order valence-corrected chi connectivity index (χ3v) is 4.79. The van der Waals surface area contributed by atoms with Crippen molar-refractivity contribution in [3.8, 4) is 0 Å². The Morgan fingerprint density at radius 1 is 1.35 bits per heavy atom. The molecule has 0 aliphatic carbocycles. The van der Waals surface area contributed by atoms with Gasteiger partial charge in [-0.2, -0.15) is 0 Å². The molecule has 1 rings (SSSR count). The SMILES string of the molecule is C=C(CC)N(CC)C1CCN(S(C)(=O)=O)CC1.